The second-order valence-electron chi connectivity index (χ2n) is 3.11. The highest BCUT2D eigenvalue weighted by Gasteiger charge is 2.04. The Morgan fingerprint density at radius 1 is 1.36 bits per heavy atom. The number of hydrogen-bond donors (Lipinski definition) is 1. The maximum absolute atomic E-state index is 5.49. The Bertz CT molecular complexity index is 287. The van der Waals surface area contributed by atoms with Crippen LogP contribution in [-0.4, -0.2) is 18.1 Å². The highest BCUT2D eigenvalue weighted by molar-refractivity contribution is 5.29. The molecule has 0 fully saturated rings. The van der Waals surface area contributed by atoms with Crippen LogP contribution in [0.2, 0.25) is 0 Å². The van der Waals surface area contributed by atoms with Gasteiger partial charge in [-0.2, -0.15) is 0 Å². The minimum Gasteiger partial charge on any atom is -0.492 e. The smallest absolute Gasteiger partial charge is 0.142 e. The lowest BCUT2D eigenvalue weighted by Gasteiger charge is -2.10. The summed E-state index contributed by atoms with van der Waals surface area (Å²) < 4.78 is 5.49. The molecule has 3 nitrogen and oxygen atoms in total. The van der Waals surface area contributed by atoms with Crippen LogP contribution >= 0.6 is 0 Å². The van der Waals surface area contributed by atoms with Crippen molar-refractivity contribution in [3.63, 3.8) is 0 Å². The predicted octanol–water partition coefficient (Wildman–Crippen LogP) is 1.90. The summed E-state index contributed by atoms with van der Waals surface area (Å²) in [7, 11) is 0. The minimum atomic E-state index is 0.684. The fourth-order valence-electron chi connectivity index (χ4n) is 1.25. The first kappa shape index (κ1) is 11.0. The van der Waals surface area contributed by atoms with Crippen molar-refractivity contribution in [3.05, 3.63) is 23.5 Å². The van der Waals surface area contributed by atoms with Crippen LogP contribution in [-0.2, 0) is 6.54 Å². The van der Waals surface area contributed by atoms with E-state index >= 15 is 0 Å². The molecule has 0 amide bonds. The minimum absolute atomic E-state index is 0.684. The third-order valence-electron chi connectivity index (χ3n) is 1.91. The third-order valence-corrected chi connectivity index (χ3v) is 1.91. The van der Waals surface area contributed by atoms with Gasteiger partial charge in [0.1, 0.15) is 5.75 Å². The first-order valence-electron chi connectivity index (χ1n) is 5.08. The van der Waals surface area contributed by atoms with Crippen LogP contribution in [0.5, 0.6) is 5.75 Å². The van der Waals surface area contributed by atoms with Crippen molar-refractivity contribution in [3.8, 4) is 5.75 Å². The van der Waals surface area contributed by atoms with Crippen molar-refractivity contribution < 1.29 is 4.74 Å². The van der Waals surface area contributed by atoms with Gasteiger partial charge >= 0.3 is 0 Å². The molecule has 0 unspecified atom stereocenters. The van der Waals surface area contributed by atoms with Gasteiger partial charge in [0.25, 0.3) is 0 Å². The van der Waals surface area contributed by atoms with E-state index in [9.17, 15) is 0 Å². The maximum Gasteiger partial charge on any atom is 0.142 e. The summed E-state index contributed by atoms with van der Waals surface area (Å²) in [5.74, 6) is 0.888. The van der Waals surface area contributed by atoms with E-state index in [-0.39, 0.29) is 0 Å². The lowest BCUT2D eigenvalue weighted by Crippen LogP contribution is -2.14. The lowest BCUT2D eigenvalue weighted by atomic mass is 10.3. The molecule has 1 heterocycles. The molecular weight excluding hydrogens is 176 g/mol. The Balaban J connectivity index is 2.79. The molecule has 3 heteroatoms. The molecule has 0 spiro atoms. The molecule has 1 aromatic rings. The van der Waals surface area contributed by atoms with Crippen LogP contribution in [0, 0.1) is 6.92 Å². The molecule has 1 aromatic heterocycles. The van der Waals surface area contributed by atoms with Crippen molar-refractivity contribution in [1.82, 2.24) is 10.3 Å². The third kappa shape index (κ3) is 3.00. The number of nitrogens with one attached hydrogen (secondary N) is 1. The van der Waals surface area contributed by atoms with E-state index in [0.717, 1.165) is 30.2 Å². The van der Waals surface area contributed by atoms with Crippen LogP contribution in [0.25, 0.3) is 0 Å². The van der Waals surface area contributed by atoms with Crippen molar-refractivity contribution in [1.29, 1.82) is 0 Å². The second-order valence-corrected chi connectivity index (χ2v) is 3.11. The molecule has 0 saturated carbocycles. The molecule has 78 valence electrons. The highest BCUT2D eigenvalue weighted by Crippen LogP contribution is 2.16. The van der Waals surface area contributed by atoms with Crippen LogP contribution in [0.4, 0.5) is 0 Å². The van der Waals surface area contributed by atoms with Gasteiger partial charge < -0.3 is 10.1 Å². The highest BCUT2D eigenvalue weighted by atomic mass is 16.5. The summed E-state index contributed by atoms with van der Waals surface area (Å²) in [6.07, 6.45) is 0. The molecule has 0 aliphatic rings. The summed E-state index contributed by atoms with van der Waals surface area (Å²) in [6, 6.07) is 3.96. The average molecular weight is 194 g/mol. The standard InChI is InChI=1S/C11H18N2O/c1-4-12-8-10-11(14-5-2)7-6-9(3)13-10/h6-7,12H,4-5,8H2,1-3H3. The summed E-state index contributed by atoms with van der Waals surface area (Å²) in [5, 5.41) is 3.25. The zero-order chi connectivity index (χ0) is 10.4. The van der Waals surface area contributed by atoms with E-state index in [4.69, 9.17) is 4.74 Å². The molecule has 1 rings (SSSR count). The zero-order valence-electron chi connectivity index (χ0n) is 9.13. The number of aryl methyl sites for hydroxylation is 1. The lowest BCUT2D eigenvalue weighted by molar-refractivity contribution is 0.333. The summed E-state index contributed by atoms with van der Waals surface area (Å²) >= 11 is 0. The normalized spacial score (nSPS) is 10.2. The zero-order valence-corrected chi connectivity index (χ0v) is 9.13. The summed E-state index contributed by atoms with van der Waals surface area (Å²) in [6.45, 7) is 8.46. The fourth-order valence-corrected chi connectivity index (χ4v) is 1.25. The maximum atomic E-state index is 5.49. The molecule has 1 N–H and O–H groups in total. The van der Waals surface area contributed by atoms with Gasteiger partial charge in [-0.25, -0.2) is 0 Å². The Morgan fingerprint density at radius 3 is 2.79 bits per heavy atom. The first-order valence-corrected chi connectivity index (χ1v) is 5.08. The molecule has 0 saturated heterocycles. The molecular formula is C11H18N2O. The topological polar surface area (TPSA) is 34.2 Å². The average Bonchev–Trinajstić information content (AvgIpc) is 2.18. The number of aromatic nitrogens is 1. The number of ether oxygens (including phenoxy) is 1. The Labute approximate surface area is 85.5 Å². The van der Waals surface area contributed by atoms with Crippen molar-refractivity contribution in [2.75, 3.05) is 13.2 Å². The molecule has 0 bridgehead atoms. The van der Waals surface area contributed by atoms with E-state index in [1.807, 2.05) is 26.0 Å². The van der Waals surface area contributed by atoms with Gasteiger partial charge in [-0.05, 0) is 32.5 Å². The Hall–Kier alpha value is -1.09. The molecule has 0 radical (unpaired) electrons. The Morgan fingerprint density at radius 2 is 2.14 bits per heavy atom. The van der Waals surface area contributed by atoms with Gasteiger partial charge in [0, 0.05) is 12.2 Å². The molecule has 0 atom stereocenters. The number of rotatable bonds is 5. The van der Waals surface area contributed by atoms with Gasteiger partial charge in [0.2, 0.25) is 0 Å². The SMILES string of the molecule is CCNCc1nc(C)ccc1OCC. The van der Waals surface area contributed by atoms with E-state index in [1.165, 1.54) is 0 Å². The van der Waals surface area contributed by atoms with E-state index in [0.29, 0.717) is 6.61 Å². The van der Waals surface area contributed by atoms with Crippen molar-refractivity contribution >= 4 is 0 Å². The fraction of sp³-hybridized carbons (Fsp3) is 0.545. The number of hydrogen-bond acceptors (Lipinski definition) is 3. The quantitative estimate of drug-likeness (QED) is 0.777. The summed E-state index contributed by atoms with van der Waals surface area (Å²) in [5.41, 5.74) is 2.02. The molecule has 14 heavy (non-hydrogen) atoms. The molecule has 0 aliphatic carbocycles. The van der Waals surface area contributed by atoms with Gasteiger partial charge in [0.05, 0.1) is 12.3 Å². The van der Waals surface area contributed by atoms with Crippen LogP contribution in [0.1, 0.15) is 25.2 Å². The van der Waals surface area contributed by atoms with E-state index < -0.39 is 0 Å². The predicted molar refractivity (Wildman–Crippen MR) is 57.5 cm³/mol. The van der Waals surface area contributed by atoms with Crippen molar-refractivity contribution in [2.45, 2.75) is 27.3 Å². The van der Waals surface area contributed by atoms with Gasteiger partial charge in [-0.15, -0.1) is 0 Å². The number of nitrogens with zero attached hydrogens (tertiary/aromatic N) is 1. The van der Waals surface area contributed by atoms with Crippen LogP contribution in [0.3, 0.4) is 0 Å². The number of pyridine rings is 1. The Kier molecular flexibility index (Phi) is 4.40. The molecule has 0 aliphatic heterocycles. The van der Waals surface area contributed by atoms with Gasteiger partial charge in [-0.1, -0.05) is 6.92 Å². The van der Waals surface area contributed by atoms with Crippen LogP contribution < -0.4 is 10.1 Å². The van der Waals surface area contributed by atoms with Gasteiger partial charge in [0.15, 0.2) is 0 Å². The molecule has 0 aromatic carbocycles. The van der Waals surface area contributed by atoms with Crippen molar-refractivity contribution in [2.24, 2.45) is 0 Å². The van der Waals surface area contributed by atoms with Gasteiger partial charge in [-0.3, -0.25) is 4.98 Å². The second kappa shape index (κ2) is 5.60. The van der Waals surface area contributed by atoms with E-state index in [1.54, 1.807) is 0 Å². The first-order chi connectivity index (χ1) is 6.77. The largest absolute Gasteiger partial charge is 0.492 e. The van der Waals surface area contributed by atoms with E-state index in [2.05, 4.69) is 17.2 Å². The van der Waals surface area contributed by atoms with Crippen LogP contribution in [0.15, 0.2) is 12.1 Å². The summed E-state index contributed by atoms with van der Waals surface area (Å²) in [4.78, 5) is 4.44. The monoisotopic (exact) mass is 194 g/mol.